The Morgan fingerprint density at radius 2 is 2.10 bits per heavy atom. The van der Waals surface area contributed by atoms with Gasteiger partial charge >= 0.3 is 0 Å². The first-order valence-corrected chi connectivity index (χ1v) is 10.6. The lowest BCUT2D eigenvalue weighted by atomic mass is 10.1. The molecule has 0 N–H and O–H groups in total. The molecule has 1 aliphatic rings. The van der Waals surface area contributed by atoms with Crippen molar-refractivity contribution < 1.29 is 13.7 Å². The van der Waals surface area contributed by atoms with E-state index in [0.29, 0.717) is 55.3 Å². The maximum absolute atomic E-state index is 15.0. The zero-order chi connectivity index (χ0) is 20.7. The second kappa shape index (κ2) is 7.66. The molecule has 0 radical (unpaired) electrons. The van der Waals surface area contributed by atoms with Gasteiger partial charge < -0.3 is 18.7 Å². The molecule has 7 nitrogen and oxygen atoms in total. The van der Waals surface area contributed by atoms with Crippen molar-refractivity contribution in [1.29, 1.82) is 0 Å². The molecule has 5 rings (SSSR count). The highest BCUT2D eigenvalue weighted by Crippen LogP contribution is 2.29. The highest BCUT2D eigenvalue weighted by atomic mass is 32.1. The second-order valence-electron chi connectivity index (χ2n) is 6.98. The van der Waals surface area contributed by atoms with E-state index in [9.17, 15) is 9.18 Å². The van der Waals surface area contributed by atoms with Gasteiger partial charge in [0.25, 0.3) is 5.89 Å². The molecule has 0 atom stereocenters. The smallest absolute Gasteiger partial charge is 0.263 e. The van der Waals surface area contributed by atoms with Gasteiger partial charge in [0.15, 0.2) is 0 Å². The van der Waals surface area contributed by atoms with Crippen LogP contribution in [-0.4, -0.2) is 41.0 Å². The van der Waals surface area contributed by atoms with Crippen molar-refractivity contribution in [2.45, 2.75) is 13.5 Å². The first-order chi connectivity index (χ1) is 14.7. The van der Waals surface area contributed by atoms with Gasteiger partial charge in [0.2, 0.25) is 11.3 Å². The zero-order valence-electron chi connectivity index (χ0n) is 16.3. The van der Waals surface area contributed by atoms with Gasteiger partial charge in [-0.15, -0.1) is 11.3 Å². The number of rotatable bonds is 4. The number of aromatic nitrogens is 3. The van der Waals surface area contributed by atoms with Gasteiger partial charge in [0.05, 0.1) is 29.3 Å². The number of hydrogen-bond donors (Lipinski definition) is 0. The van der Waals surface area contributed by atoms with Gasteiger partial charge in [-0.25, -0.2) is 4.39 Å². The minimum atomic E-state index is -0.425. The van der Waals surface area contributed by atoms with E-state index < -0.39 is 5.82 Å². The molecule has 0 bridgehead atoms. The number of aryl methyl sites for hydroxylation is 1. The molecule has 0 amide bonds. The molecule has 1 aromatic carbocycles. The van der Waals surface area contributed by atoms with Crippen LogP contribution in [-0.2, 0) is 11.3 Å². The van der Waals surface area contributed by atoms with Crippen molar-refractivity contribution in [1.82, 2.24) is 14.7 Å². The number of hydrogen-bond acceptors (Lipinski definition) is 7. The molecule has 30 heavy (non-hydrogen) atoms. The Morgan fingerprint density at radius 3 is 2.83 bits per heavy atom. The van der Waals surface area contributed by atoms with Crippen LogP contribution < -0.4 is 10.3 Å². The monoisotopic (exact) mass is 426 g/mol. The maximum atomic E-state index is 15.0. The van der Waals surface area contributed by atoms with Gasteiger partial charge in [0.1, 0.15) is 11.4 Å². The van der Waals surface area contributed by atoms with Crippen LogP contribution in [0.15, 0.2) is 45.2 Å². The number of halogens is 1. The summed E-state index contributed by atoms with van der Waals surface area (Å²) < 4.78 is 27.6. The first-order valence-electron chi connectivity index (χ1n) is 9.73. The summed E-state index contributed by atoms with van der Waals surface area (Å²) in [5.41, 5.74) is 1.09. The molecule has 1 fully saturated rings. The lowest BCUT2D eigenvalue weighted by Gasteiger charge is -2.29. The molecular weight excluding hydrogens is 407 g/mol. The number of thiophene rings is 1. The third kappa shape index (κ3) is 3.20. The molecule has 4 heterocycles. The van der Waals surface area contributed by atoms with Crippen LogP contribution in [0.2, 0.25) is 0 Å². The summed E-state index contributed by atoms with van der Waals surface area (Å²) in [6.07, 6.45) is 1.71. The average Bonchev–Trinajstić information content (AvgIpc) is 3.47. The number of nitrogens with zero attached hydrogens (tertiary/aromatic N) is 4. The predicted molar refractivity (Wildman–Crippen MR) is 113 cm³/mol. The fourth-order valence-electron chi connectivity index (χ4n) is 3.70. The van der Waals surface area contributed by atoms with Crippen molar-refractivity contribution in [3.05, 3.63) is 51.9 Å². The Morgan fingerprint density at radius 1 is 1.27 bits per heavy atom. The van der Waals surface area contributed by atoms with Gasteiger partial charge in [-0.3, -0.25) is 4.79 Å². The highest BCUT2D eigenvalue weighted by Gasteiger charge is 2.21. The SMILES string of the molecule is CCn1cc(-c2nc(-c3cccs3)no2)c(=O)c2cc(F)c(N3CCOCC3)cc21. The van der Waals surface area contributed by atoms with Crippen LogP contribution in [0.5, 0.6) is 0 Å². The number of fused-ring (bicyclic) bond motifs is 1. The number of pyridine rings is 1. The lowest BCUT2D eigenvalue weighted by Crippen LogP contribution is -2.36. The Hall–Kier alpha value is -3.04. The molecule has 1 saturated heterocycles. The number of morpholine rings is 1. The van der Waals surface area contributed by atoms with E-state index in [0.717, 1.165) is 4.88 Å². The van der Waals surface area contributed by atoms with Gasteiger partial charge in [-0.2, -0.15) is 4.98 Å². The van der Waals surface area contributed by atoms with Crippen LogP contribution in [0.1, 0.15) is 6.92 Å². The summed E-state index contributed by atoms with van der Waals surface area (Å²) in [6, 6.07) is 6.84. The van der Waals surface area contributed by atoms with Crippen molar-refractivity contribution >= 4 is 27.9 Å². The molecule has 4 aromatic rings. The molecule has 154 valence electrons. The Balaban J connectivity index is 1.64. The molecular formula is C21H19FN4O3S. The summed E-state index contributed by atoms with van der Waals surface area (Å²) in [5.74, 6) is 0.132. The number of ether oxygens (including phenoxy) is 1. The quantitative estimate of drug-likeness (QED) is 0.495. The van der Waals surface area contributed by atoms with Crippen LogP contribution in [0.3, 0.4) is 0 Å². The molecule has 1 aliphatic heterocycles. The number of anilines is 1. The van der Waals surface area contributed by atoms with Crippen LogP contribution >= 0.6 is 11.3 Å². The molecule has 0 unspecified atom stereocenters. The third-order valence-electron chi connectivity index (χ3n) is 5.24. The van der Waals surface area contributed by atoms with Gasteiger partial charge in [0, 0.05) is 31.2 Å². The van der Waals surface area contributed by atoms with Crippen molar-refractivity contribution in [2.24, 2.45) is 0 Å². The summed E-state index contributed by atoms with van der Waals surface area (Å²) in [6.45, 7) is 4.91. The third-order valence-corrected chi connectivity index (χ3v) is 6.11. The summed E-state index contributed by atoms with van der Waals surface area (Å²) in [5, 5.41) is 6.20. The largest absolute Gasteiger partial charge is 0.378 e. The second-order valence-corrected chi connectivity index (χ2v) is 7.93. The van der Waals surface area contributed by atoms with E-state index in [2.05, 4.69) is 10.1 Å². The average molecular weight is 426 g/mol. The molecule has 9 heteroatoms. The van der Waals surface area contributed by atoms with E-state index in [1.165, 1.54) is 17.4 Å². The van der Waals surface area contributed by atoms with E-state index in [-0.39, 0.29) is 16.9 Å². The van der Waals surface area contributed by atoms with Crippen LogP contribution in [0.25, 0.3) is 33.1 Å². The fourth-order valence-corrected chi connectivity index (χ4v) is 4.35. The Labute approximate surface area is 175 Å². The highest BCUT2D eigenvalue weighted by molar-refractivity contribution is 7.13. The maximum Gasteiger partial charge on any atom is 0.263 e. The van der Waals surface area contributed by atoms with Crippen molar-refractivity contribution in [3.63, 3.8) is 0 Å². The summed E-state index contributed by atoms with van der Waals surface area (Å²) in [7, 11) is 0. The van der Waals surface area contributed by atoms with Crippen molar-refractivity contribution in [2.75, 3.05) is 31.2 Å². The summed E-state index contributed by atoms with van der Waals surface area (Å²) >= 11 is 1.48. The van der Waals surface area contributed by atoms with E-state index >= 15 is 0 Å². The molecule has 0 aliphatic carbocycles. The molecule has 0 spiro atoms. The van der Waals surface area contributed by atoms with E-state index in [4.69, 9.17) is 9.26 Å². The molecule has 3 aromatic heterocycles. The van der Waals surface area contributed by atoms with E-state index in [1.54, 1.807) is 12.3 Å². The minimum Gasteiger partial charge on any atom is -0.378 e. The fraction of sp³-hybridized carbons (Fsp3) is 0.286. The van der Waals surface area contributed by atoms with Gasteiger partial charge in [-0.05, 0) is 30.5 Å². The lowest BCUT2D eigenvalue weighted by molar-refractivity contribution is 0.122. The standard InChI is InChI=1S/C21H19FN4O3S/c1-2-25-12-14(21-23-20(24-29-21)18-4-3-9-30-18)19(27)13-10-15(22)17(11-16(13)25)26-5-7-28-8-6-26/h3-4,9-12H,2,5-8H2,1H3. The normalized spacial score (nSPS) is 14.5. The van der Waals surface area contributed by atoms with Gasteiger partial charge in [-0.1, -0.05) is 11.2 Å². The van der Waals surface area contributed by atoms with Crippen LogP contribution in [0, 0.1) is 5.82 Å². The number of benzene rings is 1. The predicted octanol–water partition coefficient (Wildman–Crippen LogP) is 3.78. The Bertz CT molecular complexity index is 1260. The Kier molecular flexibility index (Phi) is 4.84. The van der Waals surface area contributed by atoms with E-state index in [1.807, 2.05) is 33.9 Å². The molecule has 0 saturated carbocycles. The van der Waals surface area contributed by atoms with Crippen LogP contribution in [0.4, 0.5) is 10.1 Å². The van der Waals surface area contributed by atoms with Crippen molar-refractivity contribution in [3.8, 4) is 22.2 Å². The topological polar surface area (TPSA) is 73.4 Å². The zero-order valence-corrected chi connectivity index (χ0v) is 17.1. The summed E-state index contributed by atoms with van der Waals surface area (Å²) in [4.78, 5) is 20.4. The minimum absolute atomic E-state index is 0.130. The first kappa shape index (κ1) is 19.0.